The Morgan fingerprint density at radius 2 is 2.10 bits per heavy atom. The molecule has 0 aliphatic carbocycles. The number of halogens is 2. The molecule has 4 nitrogen and oxygen atoms in total. The molecule has 112 valence electrons. The highest BCUT2D eigenvalue weighted by Crippen LogP contribution is 2.19. The molecular formula is C14H20F2N2O2. The molecule has 3 N–H and O–H groups in total. The molecule has 2 unspecified atom stereocenters. The Morgan fingerprint density at radius 1 is 1.35 bits per heavy atom. The molecule has 20 heavy (non-hydrogen) atoms. The number of hydrogen-bond donors (Lipinski definition) is 2. The van der Waals surface area contributed by atoms with Crippen LogP contribution in [0.5, 0.6) is 5.75 Å². The summed E-state index contributed by atoms with van der Waals surface area (Å²) in [6.07, 6.45) is 2.40. The second kappa shape index (κ2) is 7.52. The van der Waals surface area contributed by atoms with E-state index in [0.29, 0.717) is 6.54 Å². The van der Waals surface area contributed by atoms with Crippen molar-refractivity contribution >= 4 is 0 Å². The van der Waals surface area contributed by atoms with E-state index < -0.39 is 6.61 Å². The van der Waals surface area contributed by atoms with E-state index in [1.54, 1.807) is 12.1 Å². The maximum Gasteiger partial charge on any atom is 0.387 e. The van der Waals surface area contributed by atoms with E-state index in [-0.39, 0.29) is 17.9 Å². The third kappa shape index (κ3) is 4.40. The largest absolute Gasteiger partial charge is 0.435 e. The van der Waals surface area contributed by atoms with Gasteiger partial charge in [0.15, 0.2) is 0 Å². The molecule has 0 saturated carbocycles. The zero-order valence-corrected chi connectivity index (χ0v) is 11.2. The van der Waals surface area contributed by atoms with E-state index in [1.165, 1.54) is 12.1 Å². The van der Waals surface area contributed by atoms with Crippen molar-refractivity contribution in [3.8, 4) is 5.75 Å². The van der Waals surface area contributed by atoms with Gasteiger partial charge in [-0.3, -0.25) is 0 Å². The topological polar surface area (TPSA) is 56.5 Å². The van der Waals surface area contributed by atoms with Crippen LogP contribution in [-0.2, 0) is 4.74 Å². The lowest BCUT2D eigenvalue weighted by atomic mass is 10.1. The number of nitrogens with one attached hydrogen (secondary N) is 1. The summed E-state index contributed by atoms with van der Waals surface area (Å²) in [6, 6.07) is 6.53. The van der Waals surface area contributed by atoms with Gasteiger partial charge in [-0.1, -0.05) is 12.1 Å². The molecule has 6 heteroatoms. The summed E-state index contributed by atoms with van der Waals surface area (Å²) in [5.74, 6) is 0.152. The standard InChI is InChI=1S/C14H20F2N2O2/c15-14(16)20-11-5-3-10(4-6-11)13(8-17)18-9-12-2-1-7-19-12/h3-6,12-14,18H,1-2,7-9,17H2. The lowest BCUT2D eigenvalue weighted by Gasteiger charge is -2.20. The highest BCUT2D eigenvalue weighted by Gasteiger charge is 2.17. The maximum atomic E-state index is 12.1. The van der Waals surface area contributed by atoms with Gasteiger partial charge in [0.05, 0.1) is 6.10 Å². The van der Waals surface area contributed by atoms with Gasteiger partial charge in [0, 0.05) is 25.7 Å². The van der Waals surface area contributed by atoms with Crippen molar-refractivity contribution in [3.05, 3.63) is 29.8 Å². The molecule has 2 rings (SSSR count). The fourth-order valence-electron chi connectivity index (χ4n) is 2.30. The number of nitrogens with two attached hydrogens (primary N) is 1. The van der Waals surface area contributed by atoms with E-state index in [2.05, 4.69) is 10.1 Å². The van der Waals surface area contributed by atoms with E-state index in [9.17, 15) is 8.78 Å². The summed E-state index contributed by atoms with van der Waals surface area (Å²) in [6.45, 7) is -0.804. The summed E-state index contributed by atoms with van der Waals surface area (Å²) in [7, 11) is 0. The van der Waals surface area contributed by atoms with Gasteiger partial charge in [0.2, 0.25) is 0 Å². The maximum absolute atomic E-state index is 12.1. The fourth-order valence-corrected chi connectivity index (χ4v) is 2.30. The minimum atomic E-state index is -2.80. The van der Waals surface area contributed by atoms with Crippen molar-refractivity contribution in [2.24, 2.45) is 5.73 Å². The van der Waals surface area contributed by atoms with Gasteiger partial charge >= 0.3 is 6.61 Å². The number of ether oxygens (including phenoxy) is 2. The van der Waals surface area contributed by atoms with Gasteiger partial charge in [0.1, 0.15) is 5.75 Å². The van der Waals surface area contributed by atoms with Crippen LogP contribution in [0.3, 0.4) is 0 Å². The number of benzene rings is 1. The lowest BCUT2D eigenvalue weighted by Crippen LogP contribution is -2.34. The van der Waals surface area contributed by atoms with Crippen LogP contribution < -0.4 is 15.8 Å². The monoisotopic (exact) mass is 286 g/mol. The average Bonchev–Trinajstić information content (AvgIpc) is 2.94. The second-order valence-electron chi connectivity index (χ2n) is 4.78. The smallest absolute Gasteiger partial charge is 0.387 e. The highest BCUT2D eigenvalue weighted by molar-refractivity contribution is 5.29. The van der Waals surface area contributed by atoms with Gasteiger partial charge in [-0.05, 0) is 30.5 Å². The van der Waals surface area contributed by atoms with Crippen LogP contribution in [0.15, 0.2) is 24.3 Å². The van der Waals surface area contributed by atoms with Crippen molar-refractivity contribution in [3.63, 3.8) is 0 Å². The summed E-state index contributed by atoms with van der Waals surface area (Å²) < 4.78 is 34.0. The van der Waals surface area contributed by atoms with Gasteiger partial charge in [-0.2, -0.15) is 8.78 Å². The summed E-state index contributed by atoms with van der Waals surface area (Å²) in [4.78, 5) is 0. The van der Waals surface area contributed by atoms with Crippen LogP contribution >= 0.6 is 0 Å². The second-order valence-corrected chi connectivity index (χ2v) is 4.78. The van der Waals surface area contributed by atoms with Gasteiger partial charge < -0.3 is 20.5 Å². The van der Waals surface area contributed by atoms with Crippen LogP contribution in [0.25, 0.3) is 0 Å². The molecule has 0 radical (unpaired) electrons. The Kier molecular flexibility index (Phi) is 5.70. The normalized spacial score (nSPS) is 20.3. The first kappa shape index (κ1) is 15.2. The Bertz CT molecular complexity index is 395. The molecule has 0 bridgehead atoms. The first-order valence-electron chi connectivity index (χ1n) is 6.79. The summed E-state index contributed by atoms with van der Waals surface area (Å²) in [5, 5.41) is 3.35. The molecule has 1 aliphatic rings. The predicted molar refractivity (Wildman–Crippen MR) is 71.8 cm³/mol. The molecule has 0 spiro atoms. The van der Waals surface area contributed by atoms with Crippen molar-refractivity contribution in [2.45, 2.75) is 31.6 Å². The molecule has 1 aromatic carbocycles. The Hall–Kier alpha value is -1.24. The number of rotatable bonds is 7. The highest BCUT2D eigenvalue weighted by atomic mass is 19.3. The zero-order valence-electron chi connectivity index (χ0n) is 11.2. The third-order valence-electron chi connectivity index (χ3n) is 3.36. The molecule has 0 aromatic heterocycles. The number of hydrogen-bond acceptors (Lipinski definition) is 4. The molecule has 0 amide bonds. The molecule has 1 aromatic rings. The van der Waals surface area contributed by atoms with Crippen molar-refractivity contribution in [2.75, 3.05) is 19.7 Å². The average molecular weight is 286 g/mol. The molecule has 2 atom stereocenters. The van der Waals surface area contributed by atoms with Crippen molar-refractivity contribution in [1.29, 1.82) is 0 Å². The Morgan fingerprint density at radius 3 is 2.65 bits per heavy atom. The third-order valence-corrected chi connectivity index (χ3v) is 3.36. The SMILES string of the molecule is NCC(NCC1CCCO1)c1ccc(OC(F)F)cc1. The molecule has 1 aliphatic heterocycles. The summed E-state index contributed by atoms with van der Waals surface area (Å²) >= 11 is 0. The predicted octanol–water partition coefficient (Wildman–Crippen LogP) is 2.06. The fraction of sp³-hybridized carbons (Fsp3) is 0.571. The lowest BCUT2D eigenvalue weighted by molar-refractivity contribution is -0.0498. The van der Waals surface area contributed by atoms with Crippen LogP contribution in [-0.4, -0.2) is 32.4 Å². The van der Waals surface area contributed by atoms with Crippen molar-refractivity contribution in [1.82, 2.24) is 5.32 Å². The van der Waals surface area contributed by atoms with Crippen LogP contribution in [0.1, 0.15) is 24.4 Å². The number of alkyl halides is 2. The minimum Gasteiger partial charge on any atom is -0.435 e. The first-order chi connectivity index (χ1) is 9.69. The van der Waals surface area contributed by atoms with Gasteiger partial charge in [-0.25, -0.2) is 0 Å². The minimum absolute atomic E-state index is 0.0141. The van der Waals surface area contributed by atoms with Crippen LogP contribution in [0, 0.1) is 0 Å². The van der Waals surface area contributed by atoms with E-state index in [0.717, 1.165) is 31.6 Å². The van der Waals surface area contributed by atoms with Crippen molar-refractivity contribution < 1.29 is 18.3 Å². The van der Waals surface area contributed by atoms with Crippen LogP contribution in [0.2, 0.25) is 0 Å². The van der Waals surface area contributed by atoms with Gasteiger partial charge in [-0.15, -0.1) is 0 Å². The van der Waals surface area contributed by atoms with Gasteiger partial charge in [0.25, 0.3) is 0 Å². The summed E-state index contributed by atoms with van der Waals surface area (Å²) in [5.41, 5.74) is 6.70. The molecule has 1 saturated heterocycles. The van der Waals surface area contributed by atoms with Crippen LogP contribution in [0.4, 0.5) is 8.78 Å². The Labute approximate surface area is 117 Å². The zero-order chi connectivity index (χ0) is 14.4. The Balaban J connectivity index is 1.89. The quantitative estimate of drug-likeness (QED) is 0.805. The van der Waals surface area contributed by atoms with E-state index in [4.69, 9.17) is 10.5 Å². The first-order valence-corrected chi connectivity index (χ1v) is 6.79. The van der Waals surface area contributed by atoms with E-state index >= 15 is 0 Å². The van der Waals surface area contributed by atoms with E-state index in [1.807, 2.05) is 0 Å². The molecular weight excluding hydrogens is 266 g/mol. The molecule has 1 fully saturated rings. The molecule has 1 heterocycles.